The zero-order valence-corrected chi connectivity index (χ0v) is 17.7. The number of rotatable bonds is 7. The molecule has 1 aromatic carbocycles. The Bertz CT molecular complexity index is 671. The molecule has 0 saturated heterocycles. The number of carbonyl (C=O) groups excluding carboxylic acids is 1. The first-order valence-electron chi connectivity index (χ1n) is 8.00. The number of primary amides is 1. The molecular formula is C18H25IN4OS. The van der Waals surface area contributed by atoms with Crippen LogP contribution in [0.15, 0.2) is 46.8 Å². The minimum atomic E-state index is -0.410. The van der Waals surface area contributed by atoms with E-state index in [0.717, 1.165) is 31.0 Å². The predicted molar refractivity (Wildman–Crippen MR) is 116 cm³/mol. The number of nitrogens with zero attached hydrogens (tertiary/aromatic N) is 2. The minimum Gasteiger partial charge on any atom is -0.366 e. The van der Waals surface area contributed by atoms with E-state index in [1.165, 1.54) is 4.88 Å². The van der Waals surface area contributed by atoms with Crippen LogP contribution in [-0.2, 0) is 13.0 Å². The molecule has 136 valence electrons. The first-order valence-corrected chi connectivity index (χ1v) is 8.88. The highest BCUT2D eigenvalue weighted by Crippen LogP contribution is 2.10. The summed E-state index contributed by atoms with van der Waals surface area (Å²) in [5.74, 6) is 0.472. The molecule has 0 saturated carbocycles. The van der Waals surface area contributed by atoms with Gasteiger partial charge in [-0.1, -0.05) is 18.2 Å². The Kier molecular flexibility index (Phi) is 9.51. The van der Waals surface area contributed by atoms with Gasteiger partial charge in [-0.05, 0) is 42.5 Å². The summed E-state index contributed by atoms with van der Waals surface area (Å²) in [7, 11) is 2.05. The smallest absolute Gasteiger partial charge is 0.248 e. The van der Waals surface area contributed by atoms with Crippen LogP contribution in [0.25, 0.3) is 0 Å². The van der Waals surface area contributed by atoms with Crippen molar-refractivity contribution in [2.75, 3.05) is 20.1 Å². The molecular weight excluding hydrogens is 447 g/mol. The fraction of sp³-hybridized carbons (Fsp3) is 0.333. The van der Waals surface area contributed by atoms with Crippen molar-refractivity contribution in [2.24, 2.45) is 10.7 Å². The Morgan fingerprint density at radius 1 is 1.28 bits per heavy atom. The molecule has 0 unspecified atom stereocenters. The van der Waals surface area contributed by atoms with E-state index in [-0.39, 0.29) is 24.0 Å². The van der Waals surface area contributed by atoms with Gasteiger partial charge in [0.25, 0.3) is 0 Å². The molecule has 0 fully saturated rings. The molecule has 1 amide bonds. The van der Waals surface area contributed by atoms with Gasteiger partial charge in [-0.3, -0.25) is 4.79 Å². The molecule has 3 N–H and O–H groups in total. The Balaban J connectivity index is 0.00000312. The lowest BCUT2D eigenvalue weighted by Gasteiger charge is -2.21. The maximum absolute atomic E-state index is 11.1. The van der Waals surface area contributed by atoms with Gasteiger partial charge < -0.3 is 16.0 Å². The largest absolute Gasteiger partial charge is 0.366 e. The molecule has 2 aromatic rings. The maximum atomic E-state index is 11.1. The summed E-state index contributed by atoms with van der Waals surface area (Å²) in [6.45, 7) is 4.35. The third kappa shape index (κ3) is 7.03. The second-order valence-electron chi connectivity index (χ2n) is 5.48. The Labute approximate surface area is 170 Å². The topological polar surface area (TPSA) is 70.7 Å². The second-order valence-corrected chi connectivity index (χ2v) is 6.51. The average molecular weight is 472 g/mol. The van der Waals surface area contributed by atoms with Crippen LogP contribution in [0, 0.1) is 0 Å². The predicted octanol–water partition coefficient (Wildman–Crippen LogP) is 3.11. The number of nitrogens with one attached hydrogen (secondary N) is 1. The van der Waals surface area contributed by atoms with Crippen LogP contribution >= 0.6 is 35.3 Å². The van der Waals surface area contributed by atoms with Gasteiger partial charge in [0, 0.05) is 30.6 Å². The van der Waals surface area contributed by atoms with Crippen LogP contribution in [0.2, 0.25) is 0 Å². The number of carbonyl (C=O) groups is 1. The summed E-state index contributed by atoms with van der Waals surface area (Å²) in [6, 6.07) is 11.5. The Hall–Kier alpha value is -1.61. The van der Waals surface area contributed by atoms with E-state index in [0.29, 0.717) is 12.1 Å². The molecule has 0 atom stereocenters. The highest BCUT2D eigenvalue weighted by atomic mass is 127. The van der Waals surface area contributed by atoms with Crippen LogP contribution in [0.1, 0.15) is 27.7 Å². The van der Waals surface area contributed by atoms with Gasteiger partial charge in [0.1, 0.15) is 0 Å². The SMILES string of the molecule is CCNC(=NCc1ccc(C(N)=O)cc1)N(C)CCc1cccs1.I. The van der Waals surface area contributed by atoms with Crippen molar-refractivity contribution in [3.63, 3.8) is 0 Å². The zero-order chi connectivity index (χ0) is 17.4. The monoisotopic (exact) mass is 472 g/mol. The van der Waals surface area contributed by atoms with Gasteiger partial charge in [0.2, 0.25) is 5.91 Å². The maximum Gasteiger partial charge on any atom is 0.248 e. The molecule has 2 rings (SSSR count). The number of amides is 1. The van der Waals surface area contributed by atoms with E-state index in [2.05, 4.69) is 39.6 Å². The van der Waals surface area contributed by atoms with E-state index in [1.54, 1.807) is 23.5 Å². The number of benzene rings is 1. The average Bonchev–Trinajstić information content (AvgIpc) is 3.10. The normalized spacial score (nSPS) is 10.9. The highest BCUT2D eigenvalue weighted by Gasteiger charge is 2.06. The summed E-state index contributed by atoms with van der Waals surface area (Å²) in [6.07, 6.45) is 1.01. The van der Waals surface area contributed by atoms with Gasteiger partial charge >= 0.3 is 0 Å². The number of guanidine groups is 1. The molecule has 5 nitrogen and oxygen atoms in total. The lowest BCUT2D eigenvalue weighted by Crippen LogP contribution is -2.39. The molecule has 1 heterocycles. The first-order chi connectivity index (χ1) is 11.6. The molecule has 0 aliphatic rings. The number of thiophene rings is 1. The molecule has 1 aromatic heterocycles. The van der Waals surface area contributed by atoms with E-state index in [4.69, 9.17) is 5.73 Å². The number of hydrogen-bond donors (Lipinski definition) is 2. The Morgan fingerprint density at radius 2 is 2.00 bits per heavy atom. The Morgan fingerprint density at radius 3 is 2.56 bits per heavy atom. The number of nitrogens with two attached hydrogens (primary N) is 1. The second kappa shape index (κ2) is 11.1. The minimum absolute atomic E-state index is 0. The van der Waals surface area contributed by atoms with Crippen molar-refractivity contribution in [1.29, 1.82) is 0 Å². The summed E-state index contributed by atoms with van der Waals surface area (Å²) in [5, 5.41) is 5.42. The third-order valence-electron chi connectivity index (χ3n) is 3.62. The molecule has 25 heavy (non-hydrogen) atoms. The lowest BCUT2D eigenvalue weighted by molar-refractivity contribution is 0.100. The van der Waals surface area contributed by atoms with Gasteiger partial charge in [-0.25, -0.2) is 4.99 Å². The lowest BCUT2D eigenvalue weighted by atomic mass is 10.1. The summed E-state index contributed by atoms with van der Waals surface area (Å²) in [5.41, 5.74) is 6.82. The van der Waals surface area contributed by atoms with Crippen molar-refractivity contribution in [2.45, 2.75) is 19.9 Å². The molecule has 0 bridgehead atoms. The van der Waals surface area contributed by atoms with Crippen molar-refractivity contribution >= 4 is 47.2 Å². The van der Waals surface area contributed by atoms with E-state index < -0.39 is 5.91 Å². The van der Waals surface area contributed by atoms with Crippen LogP contribution in [0.3, 0.4) is 0 Å². The summed E-state index contributed by atoms with van der Waals surface area (Å²) < 4.78 is 0. The number of likely N-dealkylation sites (N-methyl/N-ethyl adjacent to an activating group) is 1. The molecule has 7 heteroatoms. The number of hydrogen-bond acceptors (Lipinski definition) is 3. The van der Waals surface area contributed by atoms with Crippen molar-refractivity contribution < 1.29 is 4.79 Å². The van der Waals surface area contributed by atoms with Crippen LogP contribution < -0.4 is 11.1 Å². The van der Waals surface area contributed by atoms with E-state index in [9.17, 15) is 4.79 Å². The van der Waals surface area contributed by atoms with Crippen LogP contribution in [0.5, 0.6) is 0 Å². The molecule has 0 aliphatic heterocycles. The molecule has 0 aliphatic carbocycles. The van der Waals surface area contributed by atoms with Crippen molar-refractivity contribution in [3.8, 4) is 0 Å². The molecule has 0 radical (unpaired) electrons. The third-order valence-corrected chi connectivity index (χ3v) is 4.56. The van der Waals surface area contributed by atoms with E-state index in [1.807, 2.05) is 19.2 Å². The van der Waals surface area contributed by atoms with Crippen LogP contribution in [-0.4, -0.2) is 36.9 Å². The summed E-state index contributed by atoms with van der Waals surface area (Å²) >= 11 is 1.78. The quantitative estimate of drug-likeness (QED) is 0.370. The molecule has 0 spiro atoms. The first kappa shape index (κ1) is 21.4. The van der Waals surface area contributed by atoms with Crippen LogP contribution in [0.4, 0.5) is 0 Å². The van der Waals surface area contributed by atoms with Gasteiger partial charge in [-0.2, -0.15) is 0 Å². The van der Waals surface area contributed by atoms with Gasteiger partial charge in [0.05, 0.1) is 6.54 Å². The van der Waals surface area contributed by atoms with Crippen molar-refractivity contribution in [1.82, 2.24) is 10.2 Å². The zero-order valence-electron chi connectivity index (χ0n) is 14.6. The number of aliphatic imine (C=N–C) groups is 1. The summed E-state index contributed by atoms with van der Waals surface area (Å²) in [4.78, 5) is 19.3. The highest BCUT2D eigenvalue weighted by molar-refractivity contribution is 14.0. The van der Waals surface area contributed by atoms with Gasteiger partial charge in [0.15, 0.2) is 5.96 Å². The van der Waals surface area contributed by atoms with Gasteiger partial charge in [-0.15, -0.1) is 35.3 Å². The number of halogens is 1. The van der Waals surface area contributed by atoms with Crippen molar-refractivity contribution in [3.05, 3.63) is 57.8 Å². The fourth-order valence-electron chi connectivity index (χ4n) is 2.25. The van der Waals surface area contributed by atoms with E-state index >= 15 is 0 Å². The standard InChI is InChI=1S/C18H24N4OS.HI/c1-3-20-18(22(2)11-10-16-5-4-12-24-16)21-13-14-6-8-15(9-7-14)17(19)23;/h4-9,12H,3,10-11,13H2,1-2H3,(H2,19,23)(H,20,21);1H. The fourth-order valence-corrected chi connectivity index (χ4v) is 2.95.